The maximum Gasteiger partial charge on any atom is 0.135 e. The molecule has 2 heteroatoms. The second-order valence-electron chi connectivity index (χ2n) is 4.05. The lowest BCUT2D eigenvalue weighted by atomic mass is 10.1. The van der Waals surface area contributed by atoms with Crippen LogP contribution in [-0.4, -0.2) is 30.8 Å². The zero-order valence-electron chi connectivity index (χ0n) is 11.3. The lowest BCUT2D eigenvalue weighted by Gasteiger charge is -2.19. The Morgan fingerprint density at radius 3 is 1.60 bits per heavy atom. The Bertz CT molecular complexity index is 128. The summed E-state index contributed by atoms with van der Waals surface area (Å²) in [6, 6.07) is 0. The van der Waals surface area contributed by atoms with E-state index in [1.165, 1.54) is 19.3 Å². The summed E-state index contributed by atoms with van der Waals surface area (Å²) in [5.74, 6) is 0.420. The monoisotopic (exact) mass is 217 g/mol. The number of Topliss-reactive ketones (excluding diaryl/α,β-unsaturated/α-hetero) is 1. The van der Waals surface area contributed by atoms with Crippen LogP contribution < -0.4 is 0 Å². The van der Waals surface area contributed by atoms with Gasteiger partial charge in [-0.3, -0.25) is 4.79 Å². The Balaban J connectivity index is -0.000000182. The highest BCUT2D eigenvalue weighted by Crippen LogP contribution is 2.01. The Labute approximate surface area is 97.5 Å². The molecule has 0 radical (unpaired) electrons. The van der Waals surface area contributed by atoms with Crippen LogP contribution in [0.25, 0.3) is 0 Å². The van der Waals surface area contributed by atoms with Crippen LogP contribution in [0.2, 0.25) is 0 Å². The highest BCUT2D eigenvalue weighted by Gasteiger charge is 2.10. The minimum atomic E-state index is 0. The number of rotatable bonds is 1. The first-order valence-electron chi connectivity index (χ1n) is 6.32. The van der Waals surface area contributed by atoms with Gasteiger partial charge in [0.05, 0.1) is 0 Å². The van der Waals surface area contributed by atoms with Crippen LogP contribution >= 0.6 is 0 Å². The smallest absolute Gasteiger partial charge is 0.135 e. The van der Waals surface area contributed by atoms with Crippen molar-refractivity contribution in [3.8, 4) is 0 Å². The third-order valence-corrected chi connectivity index (χ3v) is 2.04. The number of hydrogen-bond acceptors (Lipinski definition) is 2. The van der Waals surface area contributed by atoms with Crippen molar-refractivity contribution in [2.45, 2.75) is 59.8 Å². The van der Waals surface area contributed by atoms with Crippen molar-refractivity contribution in [2.75, 3.05) is 20.1 Å². The summed E-state index contributed by atoms with van der Waals surface area (Å²) in [6.45, 7) is 10.5. The fourth-order valence-corrected chi connectivity index (χ4v) is 0.868. The van der Waals surface area contributed by atoms with E-state index in [2.05, 4.69) is 32.6 Å². The van der Waals surface area contributed by atoms with E-state index < -0.39 is 0 Å². The van der Waals surface area contributed by atoms with Crippen molar-refractivity contribution in [1.82, 2.24) is 4.90 Å². The third-order valence-electron chi connectivity index (χ3n) is 2.04. The Hall–Kier alpha value is -0.370. The molecule has 1 heterocycles. The standard InChI is InChI=1S/C6H11NO.C4H10.C3H8.H2/c1-7-4-2-6(8)3-5-7;1-3-4-2;1-3-2;/h2-5H2,1H3;3-4H2,1-2H3;3H2,1-2H3;1H. The van der Waals surface area contributed by atoms with Gasteiger partial charge in [-0.15, -0.1) is 0 Å². The lowest BCUT2D eigenvalue weighted by molar-refractivity contribution is -0.121. The number of ketones is 1. The van der Waals surface area contributed by atoms with E-state index in [1.807, 2.05) is 7.05 Å². The van der Waals surface area contributed by atoms with Crippen LogP contribution in [0, 0.1) is 0 Å². The van der Waals surface area contributed by atoms with Crippen molar-refractivity contribution in [3.63, 3.8) is 0 Å². The molecule has 0 spiro atoms. The van der Waals surface area contributed by atoms with Crippen LogP contribution in [0.1, 0.15) is 61.2 Å². The maximum absolute atomic E-state index is 10.6. The number of hydrogen-bond donors (Lipinski definition) is 0. The molecule has 1 fully saturated rings. The molecule has 0 saturated carbocycles. The summed E-state index contributed by atoms with van der Waals surface area (Å²) in [7, 11) is 2.05. The van der Waals surface area contributed by atoms with Crippen molar-refractivity contribution >= 4 is 5.78 Å². The van der Waals surface area contributed by atoms with E-state index >= 15 is 0 Å². The highest BCUT2D eigenvalue weighted by molar-refractivity contribution is 5.79. The first kappa shape index (κ1) is 17.0. The molecule has 2 nitrogen and oxygen atoms in total. The van der Waals surface area contributed by atoms with Crippen LogP contribution in [0.3, 0.4) is 0 Å². The summed E-state index contributed by atoms with van der Waals surface area (Å²) in [5.41, 5.74) is 0. The van der Waals surface area contributed by atoms with Gasteiger partial charge in [0, 0.05) is 27.4 Å². The van der Waals surface area contributed by atoms with Gasteiger partial charge in [0.2, 0.25) is 0 Å². The average molecular weight is 217 g/mol. The van der Waals surface area contributed by atoms with Gasteiger partial charge < -0.3 is 4.90 Å². The Morgan fingerprint density at radius 2 is 1.40 bits per heavy atom. The van der Waals surface area contributed by atoms with Gasteiger partial charge in [-0.2, -0.15) is 0 Å². The molecule has 0 aromatic carbocycles. The predicted octanol–water partition coefficient (Wildman–Crippen LogP) is 3.75. The summed E-state index contributed by atoms with van der Waals surface area (Å²) >= 11 is 0. The average Bonchev–Trinajstić information content (AvgIpc) is 2.24. The quantitative estimate of drug-likeness (QED) is 0.666. The van der Waals surface area contributed by atoms with E-state index in [-0.39, 0.29) is 1.43 Å². The van der Waals surface area contributed by atoms with E-state index in [0.29, 0.717) is 5.78 Å². The number of carbonyl (C=O) groups is 1. The van der Waals surface area contributed by atoms with Gasteiger partial charge >= 0.3 is 0 Å². The van der Waals surface area contributed by atoms with Crippen molar-refractivity contribution in [2.24, 2.45) is 0 Å². The van der Waals surface area contributed by atoms with Crippen LogP contribution in [0.15, 0.2) is 0 Å². The second kappa shape index (κ2) is 13.6. The molecule has 0 unspecified atom stereocenters. The van der Waals surface area contributed by atoms with Crippen molar-refractivity contribution in [3.05, 3.63) is 0 Å². The number of nitrogens with zero attached hydrogens (tertiary/aromatic N) is 1. The van der Waals surface area contributed by atoms with E-state index in [4.69, 9.17) is 0 Å². The number of carbonyl (C=O) groups excluding carboxylic acids is 1. The molecule has 0 aromatic rings. The zero-order valence-corrected chi connectivity index (χ0v) is 11.3. The summed E-state index contributed by atoms with van der Waals surface area (Å²) in [4.78, 5) is 12.8. The second-order valence-corrected chi connectivity index (χ2v) is 4.05. The molecular weight excluding hydrogens is 186 g/mol. The SMILES string of the molecule is CCC.CCCC.CN1CCC(=O)CC1.[HH]. The molecule has 0 amide bonds. The Morgan fingerprint density at radius 1 is 1.07 bits per heavy atom. The molecular formula is C13H31NO. The molecule has 15 heavy (non-hydrogen) atoms. The fraction of sp³-hybridized carbons (Fsp3) is 0.923. The van der Waals surface area contributed by atoms with Crippen molar-refractivity contribution in [1.29, 1.82) is 0 Å². The molecule has 0 bridgehead atoms. The highest BCUT2D eigenvalue weighted by atomic mass is 16.1. The molecule has 1 aliphatic heterocycles. The largest absolute Gasteiger partial charge is 0.305 e. The Kier molecular flexibility index (Phi) is 15.5. The van der Waals surface area contributed by atoms with E-state index in [1.54, 1.807) is 0 Å². The molecule has 0 atom stereocenters. The molecule has 1 saturated heterocycles. The van der Waals surface area contributed by atoms with Crippen LogP contribution in [0.4, 0.5) is 0 Å². The van der Waals surface area contributed by atoms with Gasteiger partial charge in [0.1, 0.15) is 5.78 Å². The molecule has 94 valence electrons. The topological polar surface area (TPSA) is 20.3 Å². The van der Waals surface area contributed by atoms with E-state index in [0.717, 1.165) is 25.9 Å². The molecule has 1 aliphatic rings. The van der Waals surface area contributed by atoms with Crippen molar-refractivity contribution < 1.29 is 6.22 Å². The van der Waals surface area contributed by atoms with Gasteiger partial charge in [-0.1, -0.05) is 47.0 Å². The summed E-state index contributed by atoms with van der Waals surface area (Å²) in [5, 5.41) is 0. The number of piperidine rings is 1. The van der Waals surface area contributed by atoms with Gasteiger partial charge in [0.25, 0.3) is 0 Å². The van der Waals surface area contributed by atoms with Crippen LogP contribution in [0.5, 0.6) is 0 Å². The summed E-state index contributed by atoms with van der Waals surface area (Å²) < 4.78 is 0. The molecule has 1 rings (SSSR count). The fourth-order valence-electron chi connectivity index (χ4n) is 0.868. The zero-order chi connectivity index (χ0) is 12.1. The minimum Gasteiger partial charge on any atom is -0.305 e. The predicted molar refractivity (Wildman–Crippen MR) is 70.4 cm³/mol. The van der Waals surface area contributed by atoms with Gasteiger partial charge in [-0.25, -0.2) is 0 Å². The number of likely N-dealkylation sites (tertiary alicyclic amines) is 1. The number of unbranched alkanes of at least 4 members (excludes halogenated alkanes) is 1. The molecule has 0 aliphatic carbocycles. The first-order valence-corrected chi connectivity index (χ1v) is 6.32. The normalized spacial score (nSPS) is 15.9. The molecule has 0 N–H and O–H groups in total. The maximum atomic E-state index is 10.6. The summed E-state index contributed by atoms with van der Waals surface area (Å²) in [6.07, 6.45) is 5.41. The van der Waals surface area contributed by atoms with Gasteiger partial charge in [-0.05, 0) is 7.05 Å². The minimum absolute atomic E-state index is 0. The van der Waals surface area contributed by atoms with E-state index in [9.17, 15) is 4.79 Å². The molecule has 0 aromatic heterocycles. The first-order chi connectivity index (χ1) is 7.12. The van der Waals surface area contributed by atoms with Gasteiger partial charge in [0.15, 0.2) is 0 Å². The third kappa shape index (κ3) is 16.3. The lowest BCUT2D eigenvalue weighted by Crippen LogP contribution is -2.29. The van der Waals surface area contributed by atoms with Crippen LogP contribution in [-0.2, 0) is 4.79 Å².